The van der Waals surface area contributed by atoms with Crippen LogP contribution in [0.4, 0.5) is 0 Å². The highest BCUT2D eigenvalue weighted by atomic mass is 35.5. The van der Waals surface area contributed by atoms with Crippen molar-refractivity contribution in [2.75, 3.05) is 7.05 Å². The number of aryl methyl sites for hydroxylation is 2. The van der Waals surface area contributed by atoms with Crippen molar-refractivity contribution in [1.29, 1.82) is 0 Å². The van der Waals surface area contributed by atoms with Gasteiger partial charge in [0.05, 0.1) is 0 Å². The summed E-state index contributed by atoms with van der Waals surface area (Å²) in [6, 6.07) is 4.61. The van der Waals surface area contributed by atoms with Crippen molar-refractivity contribution >= 4 is 17.2 Å². The molecule has 0 aliphatic heterocycles. The lowest BCUT2D eigenvalue weighted by atomic mass is 9.92. The molecule has 1 nitrogen and oxygen atoms in total. The number of halogens is 1. The molecule has 21 heavy (non-hydrogen) atoms. The summed E-state index contributed by atoms with van der Waals surface area (Å²) in [5.74, 6) is 6.30. The zero-order valence-corrected chi connectivity index (χ0v) is 14.4. The summed E-state index contributed by atoms with van der Waals surface area (Å²) in [5.41, 5.74) is 11.1. The molecule has 0 spiro atoms. The average molecular weight is 304 g/mol. The van der Waals surface area contributed by atoms with Gasteiger partial charge in [0, 0.05) is 10.6 Å². The summed E-state index contributed by atoms with van der Waals surface area (Å²) >= 11 is 6.38. The van der Waals surface area contributed by atoms with Gasteiger partial charge in [0.25, 0.3) is 0 Å². The lowest BCUT2D eigenvalue weighted by molar-refractivity contribution is 0.841. The van der Waals surface area contributed by atoms with E-state index in [0.29, 0.717) is 0 Å². The fourth-order valence-electron chi connectivity index (χ4n) is 2.74. The number of fused-ring (bicyclic) bond motifs is 1. The number of hydrogen-bond donors (Lipinski definition) is 1. The Bertz CT molecular complexity index is 573. The van der Waals surface area contributed by atoms with Gasteiger partial charge in [0.2, 0.25) is 0 Å². The van der Waals surface area contributed by atoms with E-state index in [4.69, 9.17) is 11.6 Å². The zero-order chi connectivity index (χ0) is 15.8. The van der Waals surface area contributed by atoms with Gasteiger partial charge in [0.15, 0.2) is 0 Å². The Kier molecular flexibility index (Phi) is 7.57. The largest absolute Gasteiger partial charge is 0.333 e. The molecule has 114 valence electrons. The second-order valence-electron chi connectivity index (χ2n) is 5.17. The monoisotopic (exact) mass is 303 g/mol. The molecular formula is C19H26ClN. The van der Waals surface area contributed by atoms with Gasteiger partial charge >= 0.3 is 0 Å². The second kappa shape index (κ2) is 8.93. The smallest absolute Gasteiger partial charge is 0.0280 e. The molecular weight excluding hydrogens is 278 g/mol. The van der Waals surface area contributed by atoms with Crippen LogP contribution >= 0.6 is 11.6 Å². The van der Waals surface area contributed by atoms with Crippen LogP contribution in [-0.2, 0) is 12.8 Å². The molecule has 0 atom stereocenters. The Hall–Kier alpha value is -1.23. The number of rotatable bonds is 2. The maximum Gasteiger partial charge on any atom is 0.0280 e. The van der Waals surface area contributed by atoms with E-state index in [9.17, 15) is 0 Å². The average Bonchev–Trinajstić information content (AvgIpc) is 2.63. The van der Waals surface area contributed by atoms with Crippen LogP contribution in [0, 0.1) is 11.8 Å². The van der Waals surface area contributed by atoms with Crippen molar-refractivity contribution in [3.63, 3.8) is 0 Å². The molecule has 1 aliphatic rings. The molecule has 0 fully saturated rings. The number of hydrogen-bond acceptors (Lipinski definition) is 1. The van der Waals surface area contributed by atoms with E-state index in [-0.39, 0.29) is 0 Å². The van der Waals surface area contributed by atoms with E-state index in [2.05, 4.69) is 43.6 Å². The Morgan fingerprint density at radius 2 is 1.95 bits per heavy atom. The third-order valence-corrected chi connectivity index (χ3v) is 4.23. The maximum absolute atomic E-state index is 6.38. The van der Waals surface area contributed by atoms with E-state index >= 15 is 0 Å². The van der Waals surface area contributed by atoms with E-state index in [1.807, 2.05) is 6.92 Å². The molecule has 0 amide bonds. The molecule has 2 heteroatoms. The first-order valence-electron chi connectivity index (χ1n) is 7.69. The molecule has 0 unspecified atom stereocenters. The van der Waals surface area contributed by atoms with E-state index in [1.54, 1.807) is 0 Å². The molecule has 0 bridgehead atoms. The molecule has 0 aromatic heterocycles. The molecule has 2 rings (SSSR count). The molecule has 0 saturated heterocycles. The summed E-state index contributed by atoms with van der Waals surface area (Å²) in [6.07, 6.45) is 5.47. The summed E-state index contributed by atoms with van der Waals surface area (Å²) in [5, 5.41) is 1.02. The van der Waals surface area contributed by atoms with Crippen molar-refractivity contribution in [2.45, 2.75) is 52.9 Å². The molecule has 0 radical (unpaired) electrons. The lowest BCUT2D eigenvalue weighted by Crippen LogP contribution is -1.98. The van der Waals surface area contributed by atoms with Gasteiger partial charge in [-0.3, -0.25) is 0 Å². The summed E-state index contributed by atoms with van der Waals surface area (Å²) < 4.78 is 0. The lowest BCUT2D eigenvalue weighted by Gasteiger charge is -2.13. The maximum atomic E-state index is 6.38. The van der Waals surface area contributed by atoms with Crippen molar-refractivity contribution < 1.29 is 0 Å². The Balaban J connectivity index is 0.00000106. The van der Waals surface area contributed by atoms with Crippen LogP contribution in [0.15, 0.2) is 17.2 Å². The van der Waals surface area contributed by atoms with E-state index in [0.717, 1.165) is 37.1 Å². The highest BCUT2D eigenvalue weighted by molar-refractivity contribution is 6.32. The molecule has 1 aliphatic carbocycles. The van der Waals surface area contributed by atoms with Crippen LogP contribution in [0.5, 0.6) is 0 Å². The van der Waals surface area contributed by atoms with E-state index in [1.165, 1.54) is 34.9 Å². The van der Waals surface area contributed by atoms with Crippen LogP contribution in [0.2, 0.25) is 0 Å². The summed E-state index contributed by atoms with van der Waals surface area (Å²) in [4.78, 5) is 0. The van der Waals surface area contributed by atoms with Gasteiger partial charge < -0.3 is 5.73 Å². The van der Waals surface area contributed by atoms with E-state index < -0.39 is 0 Å². The molecule has 0 saturated carbocycles. The molecule has 2 N–H and O–H groups in total. The number of allylic oxidation sites excluding steroid dienone is 2. The Morgan fingerprint density at radius 3 is 2.57 bits per heavy atom. The molecule has 1 aromatic carbocycles. The second-order valence-corrected chi connectivity index (χ2v) is 5.63. The van der Waals surface area contributed by atoms with Crippen LogP contribution in [0.3, 0.4) is 0 Å². The third kappa shape index (κ3) is 4.37. The third-order valence-electron chi connectivity index (χ3n) is 3.76. The van der Waals surface area contributed by atoms with Crippen LogP contribution in [0.25, 0.3) is 5.57 Å². The van der Waals surface area contributed by atoms with Gasteiger partial charge in [-0.05, 0) is 81.0 Å². The van der Waals surface area contributed by atoms with Gasteiger partial charge in [-0.2, -0.15) is 0 Å². The van der Waals surface area contributed by atoms with Gasteiger partial charge in [-0.25, -0.2) is 0 Å². The van der Waals surface area contributed by atoms with Gasteiger partial charge in [-0.1, -0.05) is 30.9 Å². The summed E-state index contributed by atoms with van der Waals surface area (Å²) in [7, 11) is 1.50. The van der Waals surface area contributed by atoms with Crippen molar-refractivity contribution in [3.05, 3.63) is 39.4 Å². The Morgan fingerprint density at radius 1 is 1.24 bits per heavy atom. The fraction of sp³-hybridized carbons (Fsp3) is 0.474. The highest BCUT2D eigenvalue weighted by Crippen LogP contribution is 2.33. The van der Waals surface area contributed by atoms with Crippen LogP contribution in [0.1, 0.15) is 62.3 Å². The normalized spacial score (nSPS) is 13.4. The molecule has 0 heterocycles. The minimum Gasteiger partial charge on any atom is -0.333 e. The number of benzene rings is 1. The quantitative estimate of drug-likeness (QED) is 0.773. The predicted octanol–water partition coefficient (Wildman–Crippen LogP) is 4.89. The number of nitrogens with two attached hydrogens (primary N) is 1. The first-order chi connectivity index (χ1) is 10.2. The topological polar surface area (TPSA) is 26.0 Å². The fourth-order valence-corrected chi connectivity index (χ4v) is 2.98. The van der Waals surface area contributed by atoms with Crippen molar-refractivity contribution in [3.8, 4) is 11.8 Å². The van der Waals surface area contributed by atoms with Crippen LogP contribution in [-0.4, -0.2) is 7.05 Å². The predicted molar refractivity (Wildman–Crippen MR) is 94.5 cm³/mol. The summed E-state index contributed by atoms with van der Waals surface area (Å²) in [6.45, 7) is 6.27. The first kappa shape index (κ1) is 17.8. The van der Waals surface area contributed by atoms with Gasteiger partial charge in [0.1, 0.15) is 0 Å². The van der Waals surface area contributed by atoms with Crippen molar-refractivity contribution in [2.24, 2.45) is 5.73 Å². The first-order valence-corrected chi connectivity index (χ1v) is 8.07. The SMILES string of the molecule is CC#Cc1cc2c(cc1CCC)C(C)=C(Cl)CCC2.CN. The molecule has 1 aromatic rings. The zero-order valence-electron chi connectivity index (χ0n) is 13.6. The standard InChI is InChI=1S/C18H21Cl.CH5N/c1-4-7-14-11-16-9-6-10-18(19)13(3)17(16)12-15(14)8-5-2;1-2/h11-12H,5-6,8-10H2,1-3H3;2H2,1H3. The highest BCUT2D eigenvalue weighted by Gasteiger charge is 2.15. The minimum atomic E-state index is 1.000. The van der Waals surface area contributed by atoms with Crippen LogP contribution < -0.4 is 5.73 Å². The van der Waals surface area contributed by atoms with Gasteiger partial charge in [-0.15, -0.1) is 5.92 Å². The van der Waals surface area contributed by atoms with Crippen molar-refractivity contribution in [1.82, 2.24) is 0 Å². The Labute approximate surface area is 134 Å². The minimum absolute atomic E-state index is 1.000.